The van der Waals surface area contributed by atoms with Gasteiger partial charge in [-0.3, -0.25) is 0 Å². The standard InChI is InChI=1S/C13H18ClNO4S/c1-9(2)11(8-14)15-20(16,17)10-3-4-12-13(7-10)19-6-5-18-12/h3-4,7,9,11,15H,5-6,8H2,1-2H3. The molecule has 1 unspecified atom stereocenters. The molecule has 2 rings (SSSR count). The third kappa shape index (κ3) is 3.37. The van der Waals surface area contributed by atoms with E-state index in [0.29, 0.717) is 24.7 Å². The minimum Gasteiger partial charge on any atom is -0.486 e. The van der Waals surface area contributed by atoms with E-state index in [4.69, 9.17) is 21.1 Å². The molecule has 0 aromatic heterocycles. The van der Waals surface area contributed by atoms with E-state index >= 15 is 0 Å². The summed E-state index contributed by atoms with van der Waals surface area (Å²) < 4.78 is 38.0. The number of hydrogen-bond donors (Lipinski definition) is 1. The first-order chi connectivity index (χ1) is 9.44. The van der Waals surface area contributed by atoms with Crippen LogP contribution >= 0.6 is 11.6 Å². The lowest BCUT2D eigenvalue weighted by Gasteiger charge is -2.21. The van der Waals surface area contributed by atoms with Crippen molar-refractivity contribution in [2.75, 3.05) is 19.1 Å². The Balaban J connectivity index is 2.25. The highest BCUT2D eigenvalue weighted by molar-refractivity contribution is 7.89. The molecular formula is C13H18ClNO4S. The maximum absolute atomic E-state index is 12.3. The molecule has 0 amide bonds. The minimum absolute atomic E-state index is 0.111. The first kappa shape index (κ1) is 15.4. The predicted molar refractivity (Wildman–Crippen MR) is 77.1 cm³/mol. The molecule has 7 heteroatoms. The number of hydrogen-bond acceptors (Lipinski definition) is 4. The Hall–Kier alpha value is -0.980. The highest BCUT2D eigenvalue weighted by Crippen LogP contribution is 2.32. The van der Waals surface area contributed by atoms with Crippen LogP contribution in [0.25, 0.3) is 0 Å². The summed E-state index contributed by atoms with van der Waals surface area (Å²) in [7, 11) is -3.62. The summed E-state index contributed by atoms with van der Waals surface area (Å²) in [6.07, 6.45) is 0. The van der Waals surface area contributed by atoms with Crippen molar-refractivity contribution in [2.45, 2.75) is 24.8 Å². The third-order valence-corrected chi connectivity index (χ3v) is 4.92. The van der Waals surface area contributed by atoms with E-state index in [1.807, 2.05) is 13.8 Å². The molecule has 0 radical (unpaired) electrons. The highest BCUT2D eigenvalue weighted by atomic mass is 35.5. The molecule has 1 atom stereocenters. The first-order valence-electron chi connectivity index (χ1n) is 6.42. The Labute approximate surface area is 124 Å². The number of ether oxygens (including phenoxy) is 2. The molecule has 1 heterocycles. The molecule has 20 heavy (non-hydrogen) atoms. The van der Waals surface area contributed by atoms with Gasteiger partial charge in [0.25, 0.3) is 0 Å². The van der Waals surface area contributed by atoms with Crippen molar-refractivity contribution in [1.82, 2.24) is 4.72 Å². The molecule has 0 aliphatic carbocycles. The van der Waals surface area contributed by atoms with E-state index < -0.39 is 10.0 Å². The van der Waals surface area contributed by atoms with Gasteiger partial charge in [0.2, 0.25) is 10.0 Å². The van der Waals surface area contributed by atoms with Crippen LogP contribution in [-0.4, -0.2) is 33.6 Å². The van der Waals surface area contributed by atoms with E-state index in [9.17, 15) is 8.42 Å². The van der Waals surface area contributed by atoms with Crippen molar-refractivity contribution in [3.63, 3.8) is 0 Å². The monoisotopic (exact) mass is 319 g/mol. The van der Waals surface area contributed by atoms with Crippen LogP contribution < -0.4 is 14.2 Å². The fourth-order valence-corrected chi connectivity index (χ4v) is 3.73. The van der Waals surface area contributed by atoms with E-state index in [0.717, 1.165) is 0 Å². The van der Waals surface area contributed by atoms with Gasteiger partial charge < -0.3 is 9.47 Å². The number of fused-ring (bicyclic) bond motifs is 1. The number of alkyl halides is 1. The molecule has 1 N–H and O–H groups in total. The van der Waals surface area contributed by atoms with Gasteiger partial charge in [0, 0.05) is 18.0 Å². The van der Waals surface area contributed by atoms with Crippen molar-refractivity contribution in [1.29, 1.82) is 0 Å². The van der Waals surface area contributed by atoms with Crippen molar-refractivity contribution in [3.05, 3.63) is 18.2 Å². The van der Waals surface area contributed by atoms with E-state index in [1.165, 1.54) is 12.1 Å². The molecule has 112 valence electrons. The summed E-state index contributed by atoms with van der Waals surface area (Å²) in [4.78, 5) is 0.150. The average Bonchev–Trinajstić information content (AvgIpc) is 2.44. The zero-order valence-electron chi connectivity index (χ0n) is 11.4. The predicted octanol–water partition coefficient (Wildman–Crippen LogP) is 2.00. The summed E-state index contributed by atoms with van der Waals surface area (Å²) in [5, 5.41) is 0. The molecule has 1 aliphatic rings. The van der Waals surface area contributed by atoms with Gasteiger partial charge in [0.15, 0.2) is 11.5 Å². The summed E-state index contributed by atoms with van der Waals surface area (Å²) in [6.45, 7) is 4.72. The Kier molecular flexibility index (Phi) is 4.78. The first-order valence-corrected chi connectivity index (χ1v) is 8.44. The van der Waals surface area contributed by atoms with Crippen molar-refractivity contribution in [2.24, 2.45) is 5.92 Å². The molecule has 0 saturated heterocycles. The Morgan fingerprint density at radius 1 is 1.25 bits per heavy atom. The number of rotatable bonds is 5. The number of sulfonamides is 1. The Bertz CT molecular complexity index is 574. The van der Waals surface area contributed by atoms with Crippen molar-refractivity contribution < 1.29 is 17.9 Å². The smallest absolute Gasteiger partial charge is 0.241 e. The van der Waals surface area contributed by atoms with Gasteiger partial charge in [0.1, 0.15) is 13.2 Å². The molecule has 0 saturated carbocycles. The fraction of sp³-hybridized carbons (Fsp3) is 0.538. The maximum atomic E-state index is 12.3. The second kappa shape index (κ2) is 6.20. The van der Waals surface area contributed by atoms with Gasteiger partial charge >= 0.3 is 0 Å². The molecule has 0 bridgehead atoms. The quantitative estimate of drug-likeness (QED) is 0.843. The zero-order valence-corrected chi connectivity index (χ0v) is 13.0. The van der Waals surface area contributed by atoms with Crippen LogP contribution in [-0.2, 0) is 10.0 Å². The van der Waals surface area contributed by atoms with Crippen LogP contribution in [0.4, 0.5) is 0 Å². The lowest BCUT2D eigenvalue weighted by Crippen LogP contribution is -2.39. The summed E-state index contributed by atoms with van der Waals surface area (Å²) in [5.41, 5.74) is 0. The van der Waals surface area contributed by atoms with Crippen LogP contribution in [0.3, 0.4) is 0 Å². The zero-order chi connectivity index (χ0) is 14.8. The second-order valence-electron chi connectivity index (χ2n) is 4.93. The van der Waals surface area contributed by atoms with Crippen molar-refractivity contribution >= 4 is 21.6 Å². The van der Waals surface area contributed by atoms with Gasteiger partial charge in [-0.05, 0) is 18.1 Å². The molecule has 1 aromatic rings. The second-order valence-corrected chi connectivity index (χ2v) is 6.95. The van der Waals surface area contributed by atoms with Gasteiger partial charge in [-0.25, -0.2) is 13.1 Å². The van der Waals surface area contributed by atoms with Crippen LogP contribution in [0.1, 0.15) is 13.8 Å². The van der Waals surface area contributed by atoms with Gasteiger partial charge in [-0.15, -0.1) is 11.6 Å². The van der Waals surface area contributed by atoms with E-state index in [2.05, 4.69) is 4.72 Å². The van der Waals surface area contributed by atoms with Crippen LogP contribution in [0, 0.1) is 5.92 Å². The van der Waals surface area contributed by atoms with Crippen LogP contribution in [0.15, 0.2) is 23.1 Å². The summed E-state index contributed by atoms with van der Waals surface area (Å²) in [6, 6.07) is 4.27. The Morgan fingerprint density at radius 2 is 1.90 bits per heavy atom. The molecule has 1 aliphatic heterocycles. The van der Waals surface area contributed by atoms with Gasteiger partial charge in [0.05, 0.1) is 4.90 Å². The van der Waals surface area contributed by atoms with E-state index in [1.54, 1.807) is 6.07 Å². The SMILES string of the molecule is CC(C)C(CCl)NS(=O)(=O)c1ccc2c(c1)OCCO2. The lowest BCUT2D eigenvalue weighted by molar-refractivity contribution is 0.171. The van der Waals surface area contributed by atoms with Crippen molar-refractivity contribution in [3.8, 4) is 11.5 Å². The molecule has 1 aromatic carbocycles. The van der Waals surface area contributed by atoms with E-state index in [-0.39, 0.29) is 22.7 Å². The average molecular weight is 320 g/mol. The summed E-state index contributed by atoms with van der Waals surface area (Å²) >= 11 is 5.80. The van der Waals surface area contributed by atoms with Crippen LogP contribution in [0.5, 0.6) is 11.5 Å². The number of benzene rings is 1. The molecule has 5 nitrogen and oxygen atoms in total. The van der Waals surface area contributed by atoms with Gasteiger partial charge in [-0.2, -0.15) is 0 Å². The maximum Gasteiger partial charge on any atom is 0.241 e. The number of halogens is 1. The fourth-order valence-electron chi connectivity index (χ4n) is 1.80. The topological polar surface area (TPSA) is 64.6 Å². The number of nitrogens with one attached hydrogen (secondary N) is 1. The Morgan fingerprint density at radius 3 is 2.50 bits per heavy atom. The van der Waals surface area contributed by atoms with Crippen LogP contribution in [0.2, 0.25) is 0 Å². The lowest BCUT2D eigenvalue weighted by atomic mass is 10.1. The largest absolute Gasteiger partial charge is 0.486 e. The molecular weight excluding hydrogens is 302 g/mol. The molecule has 0 spiro atoms. The molecule has 0 fully saturated rings. The minimum atomic E-state index is -3.62. The van der Waals surface area contributed by atoms with Gasteiger partial charge in [-0.1, -0.05) is 13.8 Å². The summed E-state index contributed by atoms with van der Waals surface area (Å²) in [5.74, 6) is 1.35. The highest BCUT2D eigenvalue weighted by Gasteiger charge is 2.23. The normalized spacial score (nSPS) is 16.2. The third-order valence-electron chi connectivity index (χ3n) is 3.10.